The molecule has 0 bridgehead atoms. The molecule has 17 heavy (non-hydrogen) atoms. The summed E-state index contributed by atoms with van der Waals surface area (Å²) in [5.41, 5.74) is 5.85. The Labute approximate surface area is 107 Å². The molecule has 0 saturated carbocycles. The molecule has 0 saturated heterocycles. The minimum Gasteiger partial charge on any atom is -0.478 e. The highest BCUT2D eigenvalue weighted by Gasteiger charge is 2.21. The van der Waals surface area contributed by atoms with E-state index in [0.717, 1.165) is 0 Å². The van der Waals surface area contributed by atoms with Crippen LogP contribution in [0.4, 0.5) is 0 Å². The van der Waals surface area contributed by atoms with Crippen molar-refractivity contribution in [2.45, 2.75) is 13.0 Å². The topological polar surface area (TPSA) is 76.5 Å². The largest absolute Gasteiger partial charge is 0.478 e. The Bertz CT molecular complexity index is 604. The summed E-state index contributed by atoms with van der Waals surface area (Å²) in [4.78, 5) is 11.1. The quantitative estimate of drug-likeness (QED) is 0.879. The first kappa shape index (κ1) is 12.2. The lowest BCUT2D eigenvalue weighted by atomic mass is 10.1. The van der Waals surface area contributed by atoms with E-state index in [-0.39, 0.29) is 16.2 Å². The minimum atomic E-state index is -1.13. The van der Waals surface area contributed by atoms with Crippen molar-refractivity contribution < 1.29 is 14.3 Å². The first-order valence-electron chi connectivity index (χ1n) is 4.82. The lowest BCUT2D eigenvalue weighted by Crippen LogP contribution is -2.03. The number of carbonyl (C=O) groups is 1. The number of benzene rings is 1. The van der Waals surface area contributed by atoms with Crippen molar-refractivity contribution in [2.75, 3.05) is 0 Å². The van der Waals surface area contributed by atoms with Crippen molar-refractivity contribution in [1.82, 2.24) is 0 Å². The molecule has 2 aromatic rings. The van der Waals surface area contributed by atoms with Gasteiger partial charge >= 0.3 is 5.97 Å². The Morgan fingerprint density at radius 1 is 1.47 bits per heavy atom. The van der Waals surface area contributed by atoms with Gasteiger partial charge < -0.3 is 15.3 Å². The molecule has 1 heterocycles. The second-order valence-corrected chi connectivity index (χ2v) is 4.52. The summed E-state index contributed by atoms with van der Waals surface area (Å²) in [7, 11) is 0. The number of furan rings is 1. The van der Waals surface area contributed by atoms with Gasteiger partial charge in [0.25, 0.3) is 0 Å². The van der Waals surface area contributed by atoms with E-state index in [4.69, 9.17) is 38.5 Å². The van der Waals surface area contributed by atoms with E-state index in [9.17, 15) is 4.79 Å². The van der Waals surface area contributed by atoms with Gasteiger partial charge in [0, 0.05) is 10.4 Å². The van der Waals surface area contributed by atoms with Crippen molar-refractivity contribution in [2.24, 2.45) is 5.73 Å². The van der Waals surface area contributed by atoms with Crippen LogP contribution in [0.2, 0.25) is 10.0 Å². The van der Waals surface area contributed by atoms with Crippen LogP contribution in [0.5, 0.6) is 0 Å². The van der Waals surface area contributed by atoms with Crippen molar-refractivity contribution in [3.8, 4) is 0 Å². The Morgan fingerprint density at radius 2 is 2.12 bits per heavy atom. The van der Waals surface area contributed by atoms with Crippen LogP contribution in [0.3, 0.4) is 0 Å². The lowest BCUT2D eigenvalue weighted by Gasteiger charge is -1.99. The van der Waals surface area contributed by atoms with Gasteiger partial charge in [0.05, 0.1) is 11.1 Å². The van der Waals surface area contributed by atoms with Gasteiger partial charge in [0.2, 0.25) is 0 Å². The minimum absolute atomic E-state index is 0.0266. The zero-order valence-electron chi connectivity index (χ0n) is 8.83. The van der Waals surface area contributed by atoms with Crippen molar-refractivity contribution >= 4 is 40.1 Å². The molecule has 1 aromatic heterocycles. The molecule has 1 atom stereocenters. The number of hydrogen-bond acceptors (Lipinski definition) is 3. The maximum Gasteiger partial charge on any atom is 0.339 e. The zero-order chi connectivity index (χ0) is 12.7. The average molecular weight is 274 g/mol. The summed E-state index contributed by atoms with van der Waals surface area (Å²) in [5.74, 6) is -0.773. The first-order valence-corrected chi connectivity index (χ1v) is 5.57. The van der Waals surface area contributed by atoms with Gasteiger partial charge in [0.1, 0.15) is 11.3 Å². The Hall–Kier alpha value is -1.23. The fourth-order valence-electron chi connectivity index (χ4n) is 1.61. The predicted molar refractivity (Wildman–Crippen MR) is 65.8 cm³/mol. The van der Waals surface area contributed by atoms with Gasteiger partial charge in [-0.15, -0.1) is 0 Å². The van der Waals surface area contributed by atoms with E-state index < -0.39 is 12.0 Å². The molecule has 0 spiro atoms. The van der Waals surface area contributed by atoms with Crippen LogP contribution in [0.1, 0.15) is 29.1 Å². The van der Waals surface area contributed by atoms with Gasteiger partial charge in [-0.2, -0.15) is 0 Å². The third-order valence-corrected chi connectivity index (χ3v) is 2.97. The van der Waals surface area contributed by atoms with Crippen molar-refractivity contribution in [1.29, 1.82) is 0 Å². The number of halogens is 2. The van der Waals surface area contributed by atoms with Crippen LogP contribution in [-0.2, 0) is 0 Å². The molecular formula is C11H9Cl2NO3. The summed E-state index contributed by atoms with van der Waals surface area (Å²) in [5, 5.41) is 10.1. The van der Waals surface area contributed by atoms with E-state index in [0.29, 0.717) is 16.2 Å². The molecule has 90 valence electrons. The summed E-state index contributed by atoms with van der Waals surface area (Å²) >= 11 is 11.9. The number of nitrogens with two attached hydrogens (primary N) is 1. The fraction of sp³-hybridized carbons (Fsp3) is 0.182. The number of aromatic carboxylic acids is 1. The van der Waals surface area contributed by atoms with Gasteiger partial charge in [0.15, 0.2) is 5.58 Å². The van der Waals surface area contributed by atoms with E-state index in [1.165, 1.54) is 6.07 Å². The van der Waals surface area contributed by atoms with Crippen molar-refractivity contribution in [3.05, 3.63) is 33.5 Å². The summed E-state index contributed by atoms with van der Waals surface area (Å²) in [6.45, 7) is 1.70. The van der Waals surface area contributed by atoms with E-state index in [2.05, 4.69) is 0 Å². The molecule has 0 fully saturated rings. The molecule has 1 unspecified atom stereocenters. The Balaban J connectivity index is 2.86. The lowest BCUT2D eigenvalue weighted by molar-refractivity contribution is 0.0698. The van der Waals surface area contributed by atoms with Crippen LogP contribution in [0.25, 0.3) is 11.0 Å². The van der Waals surface area contributed by atoms with Crippen LogP contribution >= 0.6 is 23.2 Å². The third kappa shape index (κ3) is 1.99. The molecule has 3 N–H and O–H groups in total. The zero-order valence-corrected chi connectivity index (χ0v) is 10.3. The fourth-order valence-corrected chi connectivity index (χ4v) is 2.18. The molecule has 6 heteroatoms. The number of carboxylic acids is 1. The highest BCUT2D eigenvalue weighted by Crippen LogP contribution is 2.37. The molecule has 4 nitrogen and oxygen atoms in total. The summed E-state index contributed by atoms with van der Waals surface area (Å²) in [6.07, 6.45) is 0. The average Bonchev–Trinajstić information content (AvgIpc) is 2.55. The molecule has 2 rings (SSSR count). The standard InChI is InChI=1S/C11H9Cl2NO3/c1-4(14)9-8(13)6-2-5(12)3-7(11(15)16)10(6)17-9/h2-4H,14H2,1H3,(H,15,16). The molecule has 0 aliphatic rings. The highest BCUT2D eigenvalue weighted by molar-refractivity contribution is 6.38. The number of rotatable bonds is 2. The second-order valence-electron chi connectivity index (χ2n) is 3.70. The summed E-state index contributed by atoms with van der Waals surface area (Å²) < 4.78 is 5.41. The maximum atomic E-state index is 11.1. The molecule has 0 amide bonds. The maximum absolute atomic E-state index is 11.1. The van der Waals surface area contributed by atoms with E-state index >= 15 is 0 Å². The number of carboxylic acid groups (broad SMARTS) is 1. The Kier molecular flexibility index (Phi) is 3.03. The van der Waals surface area contributed by atoms with E-state index in [1.807, 2.05) is 0 Å². The molecule has 0 aliphatic carbocycles. The summed E-state index contributed by atoms with van der Waals surface area (Å²) in [6, 6.07) is 2.45. The van der Waals surface area contributed by atoms with Crippen LogP contribution < -0.4 is 5.73 Å². The third-order valence-electron chi connectivity index (χ3n) is 2.36. The van der Waals surface area contributed by atoms with Gasteiger partial charge in [-0.05, 0) is 19.1 Å². The van der Waals surface area contributed by atoms with Gasteiger partial charge in [-0.1, -0.05) is 23.2 Å². The molecular weight excluding hydrogens is 265 g/mol. The number of hydrogen-bond donors (Lipinski definition) is 2. The van der Waals surface area contributed by atoms with E-state index in [1.54, 1.807) is 13.0 Å². The number of fused-ring (bicyclic) bond motifs is 1. The SMILES string of the molecule is CC(N)c1oc2c(C(=O)O)cc(Cl)cc2c1Cl. The first-order chi connectivity index (χ1) is 7.91. The smallest absolute Gasteiger partial charge is 0.339 e. The second kappa shape index (κ2) is 4.22. The molecule has 1 aromatic carbocycles. The van der Waals surface area contributed by atoms with Crippen LogP contribution in [0, 0.1) is 0 Å². The van der Waals surface area contributed by atoms with Crippen molar-refractivity contribution in [3.63, 3.8) is 0 Å². The predicted octanol–water partition coefficient (Wildman–Crippen LogP) is 3.46. The highest BCUT2D eigenvalue weighted by atomic mass is 35.5. The van der Waals surface area contributed by atoms with Gasteiger partial charge in [-0.3, -0.25) is 0 Å². The molecule has 0 radical (unpaired) electrons. The van der Waals surface area contributed by atoms with Crippen LogP contribution in [-0.4, -0.2) is 11.1 Å². The normalized spacial score (nSPS) is 12.9. The monoisotopic (exact) mass is 273 g/mol. The van der Waals surface area contributed by atoms with Crippen LogP contribution in [0.15, 0.2) is 16.5 Å². The van der Waals surface area contributed by atoms with Gasteiger partial charge in [-0.25, -0.2) is 4.79 Å². The molecule has 0 aliphatic heterocycles. The Morgan fingerprint density at radius 3 is 2.65 bits per heavy atom.